The lowest BCUT2D eigenvalue weighted by Crippen LogP contribution is -2.03. The van der Waals surface area contributed by atoms with E-state index in [1.807, 2.05) is 44.2 Å². The van der Waals surface area contributed by atoms with E-state index >= 15 is 0 Å². The summed E-state index contributed by atoms with van der Waals surface area (Å²) < 4.78 is 1.04. The normalized spacial score (nSPS) is 10.5. The molecule has 0 aliphatic rings. The van der Waals surface area contributed by atoms with Crippen LogP contribution in [0.1, 0.15) is 25.7 Å². The van der Waals surface area contributed by atoms with Gasteiger partial charge in [-0.3, -0.25) is 4.79 Å². The Morgan fingerprint density at radius 2 is 1.88 bits per heavy atom. The van der Waals surface area contributed by atoms with E-state index in [9.17, 15) is 4.79 Å². The number of halogens is 1. The van der Waals surface area contributed by atoms with Gasteiger partial charge in [-0.15, -0.1) is 11.3 Å². The summed E-state index contributed by atoms with van der Waals surface area (Å²) in [6.45, 7) is 4.04. The molecule has 0 N–H and O–H groups in total. The molecule has 0 aliphatic heterocycles. The Hall–Kier alpha value is -0.930. The van der Waals surface area contributed by atoms with Crippen LogP contribution in [0.15, 0.2) is 34.8 Å². The topological polar surface area (TPSA) is 17.1 Å². The third-order valence-corrected chi connectivity index (χ3v) is 4.11. The predicted molar refractivity (Wildman–Crippen MR) is 76.0 cm³/mol. The van der Waals surface area contributed by atoms with E-state index in [2.05, 4.69) is 15.9 Å². The van der Waals surface area contributed by atoms with Crippen molar-refractivity contribution in [2.24, 2.45) is 0 Å². The molecule has 1 aromatic carbocycles. The Morgan fingerprint density at radius 1 is 1.24 bits per heavy atom. The highest BCUT2D eigenvalue weighted by atomic mass is 79.9. The highest BCUT2D eigenvalue weighted by Gasteiger charge is 2.12. The minimum absolute atomic E-state index is 0.203. The number of hydrogen-bond acceptors (Lipinski definition) is 2. The number of Topliss-reactive ketones (excluding diaryl/α,β-unsaturated/α-hetero) is 1. The highest BCUT2D eigenvalue weighted by Crippen LogP contribution is 2.22. The van der Waals surface area contributed by atoms with Crippen LogP contribution in [0.3, 0.4) is 0 Å². The first-order valence-electron chi connectivity index (χ1n) is 5.41. The number of benzene rings is 1. The SMILES string of the molecule is Cc1cc(C(=O)Cc2ccc(Br)cc2)c(C)s1. The quantitative estimate of drug-likeness (QED) is 0.760. The van der Waals surface area contributed by atoms with Crippen LogP contribution in [-0.4, -0.2) is 5.78 Å². The molecule has 0 saturated heterocycles. The Morgan fingerprint density at radius 3 is 2.41 bits per heavy atom. The zero-order chi connectivity index (χ0) is 12.4. The van der Waals surface area contributed by atoms with E-state index < -0.39 is 0 Å². The van der Waals surface area contributed by atoms with Crippen LogP contribution in [-0.2, 0) is 6.42 Å². The van der Waals surface area contributed by atoms with Gasteiger partial charge >= 0.3 is 0 Å². The zero-order valence-electron chi connectivity index (χ0n) is 9.79. The predicted octanol–water partition coefficient (Wildman–Crippen LogP) is 4.55. The lowest BCUT2D eigenvalue weighted by molar-refractivity contribution is 0.0993. The Kier molecular flexibility index (Phi) is 3.79. The van der Waals surface area contributed by atoms with Crippen molar-refractivity contribution >= 4 is 33.0 Å². The number of hydrogen-bond donors (Lipinski definition) is 0. The maximum atomic E-state index is 12.1. The van der Waals surface area contributed by atoms with Crippen molar-refractivity contribution in [1.82, 2.24) is 0 Å². The van der Waals surface area contributed by atoms with Crippen LogP contribution < -0.4 is 0 Å². The van der Waals surface area contributed by atoms with Crippen LogP contribution in [0.25, 0.3) is 0 Å². The van der Waals surface area contributed by atoms with E-state index in [0.717, 1.165) is 20.5 Å². The number of aryl methyl sites for hydroxylation is 2. The van der Waals surface area contributed by atoms with Gasteiger partial charge in [-0.05, 0) is 37.6 Å². The van der Waals surface area contributed by atoms with Gasteiger partial charge in [0.1, 0.15) is 0 Å². The molecule has 0 aliphatic carbocycles. The summed E-state index contributed by atoms with van der Waals surface area (Å²) >= 11 is 5.07. The second-order valence-electron chi connectivity index (χ2n) is 4.05. The molecule has 1 nitrogen and oxygen atoms in total. The standard InChI is InChI=1S/C14H13BrOS/c1-9-7-13(10(2)17-9)14(16)8-11-3-5-12(15)6-4-11/h3-7H,8H2,1-2H3. The Bertz CT molecular complexity index is 540. The summed E-state index contributed by atoms with van der Waals surface area (Å²) in [4.78, 5) is 14.4. The van der Waals surface area contributed by atoms with Crippen LogP contribution >= 0.6 is 27.3 Å². The van der Waals surface area contributed by atoms with Gasteiger partial charge in [-0.1, -0.05) is 28.1 Å². The largest absolute Gasteiger partial charge is 0.294 e. The molecule has 1 aromatic heterocycles. The molecule has 3 heteroatoms. The van der Waals surface area contributed by atoms with Gasteiger partial charge in [-0.2, -0.15) is 0 Å². The summed E-state index contributed by atoms with van der Waals surface area (Å²) in [6, 6.07) is 9.89. The molecule has 0 radical (unpaired) electrons. The molecule has 17 heavy (non-hydrogen) atoms. The third-order valence-electron chi connectivity index (χ3n) is 2.62. The summed E-state index contributed by atoms with van der Waals surface area (Å²) in [5, 5.41) is 0. The minimum atomic E-state index is 0.203. The van der Waals surface area contributed by atoms with Gasteiger partial charge in [0, 0.05) is 26.2 Å². The number of carbonyl (C=O) groups excluding carboxylic acids is 1. The Balaban J connectivity index is 2.17. The van der Waals surface area contributed by atoms with Crippen molar-refractivity contribution < 1.29 is 4.79 Å². The first-order valence-corrected chi connectivity index (χ1v) is 7.02. The van der Waals surface area contributed by atoms with Crippen molar-refractivity contribution in [3.05, 3.63) is 55.7 Å². The fourth-order valence-corrected chi connectivity index (χ4v) is 3.00. The molecule has 1 heterocycles. The van der Waals surface area contributed by atoms with E-state index in [0.29, 0.717) is 6.42 Å². The van der Waals surface area contributed by atoms with Crippen LogP contribution in [0, 0.1) is 13.8 Å². The van der Waals surface area contributed by atoms with Crippen molar-refractivity contribution in [3.8, 4) is 0 Å². The number of thiophene rings is 1. The van der Waals surface area contributed by atoms with Crippen LogP contribution in [0.5, 0.6) is 0 Å². The van der Waals surface area contributed by atoms with Crippen LogP contribution in [0.2, 0.25) is 0 Å². The molecule has 0 saturated carbocycles. The second-order valence-corrected chi connectivity index (χ2v) is 6.43. The lowest BCUT2D eigenvalue weighted by atomic mass is 10.0. The summed E-state index contributed by atoms with van der Waals surface area (Å²) in [5.41, 5.74) is 1.93. The van der Waals surface area contributed by atoms with E-state index in [-0.39, 0.29) is 5.78 Å². The van der Waals surface area contributed by atoms with Crippen molar-refractivity contribution in [2.75, 3.05) is 0 Å². The average Bonchev–Trinajstić information content (AvgIpc) is 2.61. The lowest BCUT2D eigenvalue weighted by Gasteiger charge is -2.01. The molecule has 2 rings (SSSR count). The molecule has 0 spiro atoms. The molecule has 0 bridgehead atoms. The summed E-state index contributed by atoms with van der Waals surface area (Å²) in [6.07, 6.45) is 0.476. The molecule has 0 amide bonds. The molecule has 88 valence electrons. The number of rotatable bonds is 3. The molecular formula is C14H13BrOS. The van der Waals surface area contributed by atoms with E-state index in [1.165, 1.54) is 4.88 Å². The van der Waals surface area contributed by atoms with Gasteiger partial charge in [0.15, 0.2) is 5.78 Å². The second kappa shape index (κ2) is 5.15. The molecule has 2 aromatic rings. The molecule has 0 fully saturated rings. The first kappa shape index (κ1) is 12.5. The third kappa shape index (κ3) is 3.05. The van der Waals surface area contributed by atoms with Gasteiger partial charge in [0.2, 0.25) is 0 Å². The maximum absolute atomic E-state index is 12.1. The van der Waals surface area contributed by atoms with E-state index in [4.69, 9.17) is 0 Å². The van der Waals surface area contributed by atoms with Gasteiger partial charge in [0.05, 0.1) is 0 Å². The average molecular weight is 309 g/mol. The minimum Gasteiger partial charge on any atom is -0.294 e. The monoisotopic (exact) mass is 308 g/mol. The number of ketones is 1. The van der Waals surface area contributed by atoms with Gasteiger partial charge < -0.3 is 0 Å². The maximum Gasteiger partial charge on any atom is 0.168 e. The molecule has 0 atom stereocenters. The van der Waals surface area contributed by atoms with E-state index in [1.54, 1.807) is 11.3 Å². The van der Waals surface area contributed by atoms with Crippen molar-refractivity contribution in [2.45, 2.75) is 20.3 Å². The fraction of sp³-hybridized carbons (Fsp3) is 0.214. The van der Waals surface area contributed by atoms with Gasteiger partial charge in [0.25, 0.3) is 0 Å². The molecular weight excluding hydrogens is 296 g/mol. The zero-order valence-corrected chi connectivity index (χ0v) is 12.2. The van der Waals surface area contributed by atoms with Gasteiger partial charge in [-0.25, -0.2) is 0 Å². The van der Waals surface area contributed by atoms with Crippen molar-refractivity contribution in [3.63, 3.8) is 0 Å². The first-order chi connectivity index (χ1) is 8.06. The molecule has 0 unspecified atom stereocenters. The number of carbonyl (C=O) groups is 1. The van der Waals surface area contributed by atoms with Crippen molar-refractivity contribution in [1.29, 1.82) is 0 Å². The smallest absolute Gasteiger partial charge is 0.168 e. The van der Waals surface area contributed by atoms with Crippen LogP contribution in [0.4, 0.5) is 0 Å². The Labute approximate surface area is 114 Å². The summed E-state index contributed by atoms with van der Waals surface area (Å²) in [7, 11) is 0. The summed E-state index contributed by atoms with van der Waals surface area (Å²) in [5.74, 6) is 0.203. The fourth-order valence-electron chi connectivity index (χ4n) is 1.79. The highest BCUT2D eigenvalue weighted by molar-refractivity contribution is 9.10.